The molecule has 1 fully saturated rings. The smallest absolute Gasteiger partial charge is 0.321 e. The molecule has 0 atom stereocenters. The second-order valence-electron chi connectivity index (χ2n) is 7.11. The van der Waals surface area contributed by atoms with E-state index in [4.69, 9.17) is 0 Å². The largest absolute Gasteiger partial charge is 0.335 e. The van der Waals surface area contributed by atoms with Gasteiger partial charge >= 0.3 is 6.03 Å². The van der Waals surface area contributed by atoms with Crippen molar-refractivity contribution in [2.24, 2.45) is 0 Å². The van der Waals surface area contributed by atoms with Crippen LogP contribution in [0, 0.1) is 13.8 Å². The Bertz CT molecular complexity index is 1120. The van der Waals surface area contributed by atoms with Gasteiger partial charge in [0.15, 0.2) is 5.65 Å². The van der Waals surface area contributed by atoms with Crippen LogP contribution >= 0.6 is 0 Å². The Hall–Kier alpha value is -3.49. The number of hydrogen-bond acceptors (Lipinski definition) is 5. The molecule has 0 saturated heterocycles. The number of aromatic nitrogens is 4. The Morgan fingerprint density at radius 3 is 2.57 bits per heavy atom. The van der Waals surface area contributed by atoms with Crippen molar-refractivity contribution < 1.29 is 9.59 Å². The van der Waals surface area contributed by atoms with Crippen LogP contribution in [0.15, 0.2) is 35.5 Å². The van der Waals surface area contributed by atoms with E-state index in [9.17, 15) is 14.4 Å². The average Bonchev–Trinajstić information content (AvgIpc) is 3.31. The Kier molecular flexibility index (Phi) is 4.42. The highest BCUT2D eigenvalue weighted by Crippen LogP contribution is 2.18. The normalized spacial score (nSPS) is 13.5. The van der Waals surface area contributed by atoms with E-state index in [0.29, 0.717) is 11.0 Å². The molecule has 2 aromatic heterocycles. The Morgan fingerprint density at radius 2 is 1.89 bits per heavy atom. The van der Waals surface area contributed by atoms with Gasteiger partial charge in [0.25, 0.3) is 5.56 Å². The van der Waals surface area contributed by atoms with Crippen LogP contribution in [0.2, 0.25) is 0 Å². The molecule has 9 heteroatoms. The lowest BCUT2D eigenvalue weighted by Crippen LogP contribution is -2.42. The summed E-state index contributed by atoms with van der Waals surface area (Å²) >= 11 is 0. The molecule has 0 radical (unpaired) electrons. The monoisotopic (exact) mass is 380 g/mol. The van der Waals surface area contributed by atoms with E-state index in [1.807, 2.05) is 32.0 Å². The van der Waals surface area contributed by atoms with Gasteiger partial charge in [0.1, 0.15) is 18.3 Å². The first-order chi connectivity index (χ1) is 13.4. The van der Waals surface area contributed by atoms with E-state index < -0.39 is 17.5 Å². The number of nitrogens with zero attached hydrogens (tertiary/aromatic N) is 4. The molecule has 3 aromatic rings. The maximum absolute atomic E-state index is 12.7. The molecule has 3 amide bonds. The predicted molar refractivity (Wildman–Crippen MR) is 102 cm³/mol. The minimum absolute atomic E-state index is 0.143. The SMILES string of the molecule is Cc1cc(C)cc(-n2ncc3c(=O)n(CC(=O)NC(=O)NC4CC4)cnc32)c1. The van der Waals surface area contributed by atoms with Gasteiger partial charge in [-0.1, -0.05) is 6.07 Å². The average molecular weight is 380 g/mol. The Balaban J connectivity index is 1.58. The zero-order chi connectivity index (χ0) is 19.8. The molecule has 28 heavy (non-hydrogen) atoms. The lowest BCUT2D eigenvalue weighted by atomic mass is 10.1. The van der Waals surface area contributed by atoms with Crippen molar-refractivity contribution in [3.8, 4) is 5.69 Å². The van der Waals surface area contributed by atoms with Crippen LogP contribution in [0.25, 0.3) is 16.7 Å². The fourth-order valence-electron chi connectivity index (χ4n) is 3.09. The highest BCUT2D eigenvalue weighted by atomic mass is 16.2. The van der Waals surface area contributed by atoms with E-state index in [1.165, 1.54) is 12.5 Å². The summed E-state index contributed by atoms with van der Waals surface area (Å²) in [6.45, 7) is 3.68. The number of benzene rings is 1. The second kappa shape index (κ2) is 6.91. The van der Waals surface area contributed by atoms with Crippen molar-refractivity contribution in [3.63, 3.8) is 0 Å². The molecule has 144 valence electrons. The Labute approximate surface area is 160 Å². The van der Waals surface area contributed by atoms with Crippen LogP contribution in [-0.4, -0.2) is 37.3 Å². The molecule has 9 nitrogen and oxygen atoms in total. The highest BCUT2D eigenvalue weighted by molar-refractivity contribution is 5.94. The van der Waals surface area contributed by atoms with Crippen molar-refractivity contribution in [2.45, 2.75) is 39.3 Å². The van der Waals surface area contributed by atoms with Crippen LogP contribution in [0.1, 0.15) is 24.0 Å². The van der Waals surface area contributed by atoms with E-state index in [1.54, 1.807) is 4.68 Å². The van der Waals surface area contributed by atoms with Crippen LogP contribution in [0.4, 0.5) is 4.79 Å². The number of imide groups is 1. The first-order valence-electron chi connectivity index (χ1n) is 9.03. The van der Waals surface area contributed by atoms with E-state index >= 15 is 0 Å². The van der Waals surface area contributed by atoms with Crippen molar-refractivity contribution >= 4 is 23.0 Å². The fraction of sp³-hybridized carbons (Fsp3) is 0.316. The van der Waals surface area contributed by atoms with Gasteiger partial charge in [-0.2, -0.15) is 5.10 Å². The minimum atomic E-state index is -0.580. The topological polar surface area (TPSA) is 111 Å². The summed E-state index contributed by atoms with van der Waals surface area (Å²) < 4.78 is 2.76. The van der Waals surface area contributed by atoms with Crippen molar-refractivity contribution in [1.82, 2.24) is 30.0 Å². The van der Waals surface area contributed by atoms with Crippen molar-refractivity contribution in [1.29, 1.82) is 0 Å². The predicted octanol–water partition coefficient (Wildman–Crippen LogP) is 1.19. The van der Waals surface area contributed by atoms with Crippen molar-refractivity contribution in [3.05, 3.63) is 52.2 Å². The summed E-state index contributed by atoms with van der Waals surface area (Å²) in [6, 6.07) is 5.56. The first-order valence-corrected chi connectivity index (χ1v) is 9.03. The third kappa shape index (κ3) is 3.64. The minimum Gasteiger partial charge on any atom is -0.335 e. The van der Waals surface area contributed by atoms with Crippen LogP contribution in [-0.2, 0) is 11.3 Å². The van der Waals surface area contributed by atoms with E-state index in [-0.39, 0.29) is 12.6 Å². The molecular formula is C19H20N6O3. The molecule has 0 aliphatic heterocycles. The van der Waals surface area contributed by atoms with Gasteiger partial charge in [0.2, 0.25) is 5.91 Å². The third-order valence-corrected chi connectivity index (χ3v) is 4.48. The number of nitrogens with one attached hydrogen (secondary N) is 2. The van der Waals surface area contributed by atoms with Crippen LogP contribution in [0.5, 0.6) is 0 Å². The van der Waals surface area contributed by atoms with E-state index in [2.05, 4.69) is 20.7 Å². The summed E-state index contributed by atoms with van der Waals surface area (Å²) in [5, 5.41) is 9.48. The maximum atomic E-state index is 12.7. The van der Waals surface area contributed by atoms with Gasteiger partial charge in [-0.15, -0.1) is 0 Å². The fourth-order valence-corrected chi connectivity index (χ4v) is 3.09. The molecule has 2 heterocycles. The number of fused-ring (bicyclic) bond motifs is 1. The third-order valence-electron chi connectivity index (χ3n) is 4.48. The van der Waals surface area contributed by atoms with Gasteiger partial charge in [-0.25, -0.2) is 14.5 Å². The van der Waals surface area contributed by atoms with Crippen LogP contribution in [0.3, 0.4) is 0 Å². The van der Waals surface area contributed by atoms with Gasteiger partial charge in [-0.05, 0) is 49.9 Å². The maximum Gasteiger partial charge on any atom is 0.321 e. The molecule has 1 saturated carbocycles. The molecule has 0 bridgehead atoms. The van der Waals surface area contributed by atoms with Gasteiger partial charge < -0.3 is 5.32 Å². The summed E-state index contributed by atoms with van der Waals surface area (Å²) in [5.41, 5.74) is 2.99. The van der Waals surface area contributed by atoms with Crippen molar-refractivity contribution in [2.75, 3.05) is 0 Å². The summed E-state index contributed by atoms with van der Waals surface area (Å²) in [4.78, 5) is 40.7. The molecule has 1 aliphatic carbocycles. The number of urea groups is 1. The van der Waals surface area contributed by atoms with E-state index in [0.717, 1.165) is 34.2 Å². The molecule has 0 unspecified atom stereocenters. The molecule has 2 N–H and O–H groups in total. The molecule has 0 spiro atoms. The van der Waals surface area contributed by atoms with Crippen LogP contribution < -0.4 is 16.2 Å². The number of carbonyl (C=O) groups excluding carboxylic acids is 2. The number of rotatable bonds is 4. The van der Waals surface area contributed by atoms with Gasteiger partial charge in [0, 0.05) is 6.04 Å². The number of carbonyl (C=O) groups is 2. The highest BCUT2D eigenvalue weighted by Gasteiger charge is 2.24. The lowest BCUT2D eigenvalue weighted by Gasteiger charge is -2.08. The molecular weight excluding hydrogens is 360 g/mol. The summed E-state index contributed by atoms with van der Waals surface area (Å²) in [7, 11) is 0. The second-order valence-corrected chi connectivity index (χ2v) is 7.11. The number of amides is 3. The number of aryl methyl sites for hydroxylation is 2. The quantitative estimate of drug-likeness (QED) is 0.706. The summed E-state index contributed by atoms with van der Waals surface area (Å²) in [6.07, 6.45) is 4.58. The Morgan fingerprint density at radius 1 is 1.18 bits per heavy atom. The molecule has 1 aliphatic rings. The molecule has 4 rings (SSSR count). The summed E-state index contributed by atoms with van der Waals surface area (Å²) in [5.74, 6) is -0.580. The number of hydrogen-bond donors (Lipinski definition) is 2. The standard InChI is InChI=1S/C19H20N6O3/c1-11-5-12(2)7-14(6-11)25-17-15(8-21-25)18(27)24(10-20-17)9-16(26)23-19(28)22-13-3-4-13/h5-8,10,13H,3-4,9H2,1-2H3,(H2,22,23,26,28). The zero-order valence-electron chi connectivity index (χ0n) is 15.6. The zero-order valence-corrected chi connectivity index (χ0v) is 15.6. The lowest BCUT2D eigenvalue weighted by molar-refractivity contribution is -0.120. The first kappa shape index (κ1) is 17.9. The van der Waals surface area contributed by atoms with Gasteiger partial charge in [0.05, 0.1) is 11.9 Å². The molecule has 1 aromatic carbocycles. The van der Waals surface area contributed by atoms with Gasteiger partial charge in [-0.3, -0.25) is 19.5 Å².